The number of aryl methyl sites for hydroxylation is 2. The van der Waals surface area contributed by atoms with E-state index in [1.54, 1.807) is 4.52 Å². The first-order valence-electron chi connectivity index (χ1n) is 7.43. The van der Waals surface area contributed by atoms with Crippen LogP contribution in [0, 0.1) is 6.92 Å². The van der Waals surface area contributed by atoms with Crippen molar-refractivity contribution in [3.8, 4) is 22.2 Å². The third-order valence-electron chi connectivity index (χ3n) is 3.79. The van der Waals surface area contributed by atoms with E-state index >= 15 is 0 Å². The third kappa shape index (κ3) is 2.28. The highest BCUT2D eigenvalue weighted by Crippen LogP contribution is 2.32. The molecule has 0 aliphatic rings. The molecule has 0 unspecified atom stereocenters. The summed E-state index contributed by atoms with van der Waals surface area (Å²) in [5, 5.41) is 25.8. The third-order valence-corrected chi connectivity index (χ3v) is 5.66. The van der Waals surface area contributed by atoms with Crippen LogP contribution in [0.25, 0.3) is 27.2 Å². The van der Waals surface area contributed by atoms with Gasteiger partial charge in [-0.1, -0.05) is 25.2 Å². The van der Waals surface area contributed by atoms with Gasteiger partial charge in [-0.25, -0.2) is 0 Å². The second-order valence-corrected chi connectivity index (χ2v) is 7.62. The molecule has 0 radical (unpaired) electrons. The summed E-state index contributed by atoms with van der Waals surface area (Å²) < 4.78 is 4.48. The predicted octanol–water partition coefficient (Wildman–Crippen LogP) is 3.17. The molecule has 4 rings (SSSR count). The van der Waals surface area contributed by atoms with Gasteiger partial charge in [0.15, 0.2) is 5.01 Å². The van der Waals surface area contributed by atoms with E-state index in [-0.39, 0.29) is 0 Å². The molecule has 0 atom stereocenters. The van der Waals surface area contributed by atoms with Gasteiger partial charge in [0.05, 0.1) is 10.2 Å². The van der Waals surface area contributed by atoms with Crippen LogP contribution in [-0.2, 0) is 7.05 Å². The molecule has 10 heteroatoms. The molecule has 1 N–H and O–H groups in total. The molecule has 0 bridgehead atoms. The van der Waals surface area contributed by atoms with Crippen molar-refractivity contribution < 1.29 is 0 Å². The van der Waals surface area contributed by atoms with E-state index in [9.17, 15) is 0 Å². The Morgan fingerprint density at radius 3 is 2.67 bits per heavy atom. The quantitative estimate of drug-likeness (QED) is 0.564. The molecular weight excluding hydrogens is 392 g/mol. The zero-order valence-corrected chi connectivity index (χ0v) is 16.0. The van der Waals surface area contributed by atoms with Gasteiger partial charge in [0.2, 0.25) is 10.8 Å². The van der Waals surface area contributed by atoms with Crippen LogP contribution in [0.2, 0.25) is 0 Å². The Morgan fingerprint density at radius 2 is 2.04 bits per heavy atom. The maximum absolute atomic E-state index is 4.65. The van der Waals surface area contributed by atoms with Crippen LogP contribution in [0.4, 0.5) is 0 Å². The molecule has 8 nitrogen and oxygen atoms in total. The van der Waals surface area contributed by atoms with Gasteiger partial charge in [0.25, 0.3) is 0 Å². The summed E-state index contributed by atoms with van der Waals surface area (Å²) in [6.45, 7) is 6.18. The van der Waals surface area contributed by atoms with Crippen LogP contribution in [0.1, 0.15) is 31.2 Å². The van der Waals surface area contributed by atoms with Gasteiger partial charge in [-0.15, -0.1) is 10.2 Å². The Balaban J connectivity index is 1.85. The Labute approximate surface area is 150 Å². The lowest BCUT2D eigenvalue weighted by atomic mass is 10.1. The molecule has 124 valence electrons. The fraction of sp³-hybridized carbons (Fsp3) is 0.357. The molecule has 0 aliphatic heterocycles. The minimum atomic E-state index is 0.349. The highest BCUT2D eigenvalue weighted by Gasteiger charge is 2.21. The van der Waals surface area contributed by atoms with Crippen molar-refractivity contribution in [2.45, 2.75) is 26.7 Å². The number of fused-ring (bicyclic) bond motifs is 1. The Kier molecular flexibility index (Phi) is 3.53. The molecule has 0 spiro atoms. The first kappa shape index (κ1) is 15.5. The number of H-pyrrole nitrogens is 1. The van der Waals surface area contributed by atoms with Crippen molar-refractivity contribution in [3.63, 3.8) is 0 Å². The van der Waals surface area contributed by atoms with Gasteiger partial charge >= 0.3 is 0 Å². The van der Waals surface area contributed by atoms with Crippen LogP contribution >= 0.6 is 27.3 Å². The summed E-state index contributed by atoms with van der Waals surface area (Å²) in [7, 11) is 1.91. The zero-order chi connectivity index (χ0) is 17.0. The number of halogens is 1. The number of aromatic amines is 1. The average molecular weight is 407 g/mol. The first-order chi connectivity index (χ1) is 11.5. The lowest BCUT2D eigenvalue weighted by molar-refractivity contribution is 0.713. The number of nitrogens with one attached hydrogen (secondary N) is 1. The summed E-state index contributed by atoms with van der Waals surface area (Å²) in [5.74, 6) is 1.03. The average Bonchev–Trinajstić information content (AvgIpc) is 3.25. The summed E-state index contributed by atoms with van der Waals surface area (Å²) in [6.07, 6.45) is 0. The zero-order valence-electron chi connectivity index (χ0n) is 13.6. The molecule has 0 saturated heterocycles. The normalized spacial score (nSPS) is 11.9. The predicted molar refractivity (Wildman–Crippen MR) is 95.0 cm³/mol. The molecule has 0 amide bonds. The minimum Gasteiger partial charge on any atom is -0.281 e. The maximum atomic E-state index is 4.65. The second kappa shape index (κ2) is 5.49. The van der Waals surface area contributed by atoms with Gasteiger partial charge in [-0.05, 0) is 34.8 Å². The SMILES string of the molecule is Cc1[nH]nc(-c2nn3c(-c4cc(C(C)C)nn4C)nnc3s2)c1Br. The van der Waals surface area contributed by atoms with Crippen LogP contribution in [0.5, 0.6) is 0 Å². The Morgan fingerprint density at radius 1 is 1.25 bits per heavy atom. The van der Waals surface area contributed by atoms with Gasteiger partial charge < -0.3 is 0 Å². The summed E-state index contributed by atoms with van der Waals surface area (Å²) in [6, 6.07) is 2.04. The van der Waals surface area contributed by atoms with Gasteiger partial charge in [-0.2, -0.15) is 19.8 Å². The van der Waals surface area contributed by atoms with E-state index in [2.05, 4.69) is 60.4 Å². The van der Waals surface area contributed by atoms with E-state index in [0.29, 0.717) is 11.7 Å². The Hall–Kier alpha value is -2.07. The number of rotatable bonds is 3. The molecule has 4 aromatic rings. The number of hydrogen-bond donors (Lipinski definition) is 1. The van der Waals surface area contributed by atoms with Crippen molar-refractivity contribution in [1.82, 2.24) is 39.8 Å². The summed E-state index contributed by atoms with van der Waals surface area (Å²) in [5.41, 5.74) is 3.65. The molecule has 0 fully saturated rings. The second-order valence-electron chi connectivity index (χ2n) is 5.87. The number of aromatic nitrogens is 8. The molecule has 4 heterocycles. The fourth-order valence-corrected chi connectivity index (χ4v) is 3.74. The molecular formula is C14H15BrN8S. The number of nitrogens with zero attached hydrogens (tertiary/aromatic N) is 7. The van der Waals surface area contributed by atoms with E-state index in [4.69, 9.17) is 0 Å². The van der Waals surface area contributed by atoms with Crippen LogP contribution in [0.3, 0.4) is 0 Å². The summed E-state index contributed by atoms with van der Waals surface area (Å²) >= 11 is 4.99. The van der Waals surface area contributed by atoms with Crippen LogP contribution < -0.4 is 0 Å². The van der Waals surface area contributed by atoms with Gasteiger partial charge in [0, 0.05) is 12.7 Å². The standard InChI is InChI=1S/C14H15BrN8S/c1-6(2)8-5-9(22(4)20-8)12-18-19-14-23(12)21-13(24-14)11-10(15)7(3)16-17-11/h5-6H,1-4H3,(H,16,17). The molecule has 0 aromatic carbocycles. The molecule has 0 saturated carbocycles. The van der Waals surface area contributed by atoms with Crippen molar-refractivity contribution in [2.75, 3.05) is 0 Å². The van der Waals surface area contributed by atoms with E-state index in [1.165, 1.54) is 11.3 Å². The van der Waals surface area contributed by atoms with Crippen molar-refractivity contribution in [2.24, 2.45) is 7.05 Å². The van der Waals surface area contributed by atoms with Crippen molar-refractivity contribution in [3.05, 3.63) is 21.9 Å². The fourth-order valence-electron chi connectivity index (χ4n) is 2.41. The van der Waals surface area contributed by atoms with Gasteiger partial charge in [-0.3, -0.25) is 9.78 Å². The maximum Gasteiger partial charge on any atom is 0.235 e. The summed E-state index contributed by atoms with van der Waals surface area (Å²) in [4.78, 5) is 0.722. The van der Waals surface area contributed by atoms with E-state index in [1.807, 2.05) is 24.7 Å². The van der Waals surface area contributed by atoms with Crippen LogP contribution in [0.15, 0.2) is 10.5 Å². The van der Waals surface area contributed by atoms with E-state index in [0.717, 1.165) is 37.2 Å². The topological polar surface area (TPSA) is 89.6 Å². The molecule has 4 aromatic heterocycles. The van der Waals surface area contributed by atoms with Crippen molar-refractivity contribution in [1.29, 1.82) is 0 Å². The molecule has 24 heavy (non-hydrogen) atoms. The molecule has 0 aliphatic carbocycles. The highest BCUT2D eigenvalue weighted by atomic mass is 79.9. The van der Waals surface area contributed by atoms with Gasteiger partial charge in [0.1, 0.15) is 11.4 Å². The van der Waals surface area contributed by atoms with Crippen LogP contribution in [-0.4, -0.2) is 39.8 Å². The smallest absolute Gasteiger partial charge is 0.235 e. The number of hydrogen-bond acceptors (Lipinski definition) is 6. The lowest BCUT2D eigenvalue weighted by Gasteiger charge is -1.96. The highest BCUT2D eigenvalue weighted by molar-refractivity contribution is 9.10. The minimum absolute atomic E-state index is 0.349. The first-order valence-corrected chi connectivity index (χ1v) is 9.04. The lowest BCUT2D eigenvalue weighted by Crippen LogP contribution is -1.99. The monoisotopic (exact) mass is 406 g/mol. The Bertz CT molecular complexity index is 1040. The largest absolute Gasteiger partial charge is 0.281 e. The van der Waals surface area contributed by atoms with E-state index < -0.39 is 0 Å². The van der Waals surface area contributed by atoms with Crippen molar-refractivity contribution >= 4 is 32.2 Å².